The van der Waals surface area contributed by atoms with Crippen molar-refractivity contribution in [2.75, 3.05) is 6.54 Å². The molecule has 98 valence electrons. The Morgan fingerprint density at radius 3 is 2.18 bits per heavy atom. The normalized spacial score (nSPS) is 14.6. The van der Waals surface area contributed by atoms with Gasteiger partial charge in [-0.15, -0.1) is 5.16 Å². The highest BCUT2D eigenvalue weighted by atomic mass is 16.4. The summed E-state index contributed by atoms with van der Waals surface area (Å²) < 4.78 is 0. The summed E-state index contributed by atoms with van der Waals surface area (Å²) in [5, 5.41) is 11.7. The smallest absolute Gasteiger partial charge is 0.0472 e. The van der Waals surface area contributed by atoms with E-state index in [4.69, 9.17) is 10.9 Å². The third-order valence-electron chi connectivity index (χ3n) is 2.69. The Bertz CT molecular complexity index is 245. The van der Waals surface area contributed by atoms with Crippen LogP contribution in [0.3, 0.4) is 0 Å². The summed E-state index contributed by atoms with van der Waals surface area (Å²) in [6.07, 6.45) is 14.3. The highest BCUT2D eigenvalue weighted by Gasteiger charge is 2.08. The van der Waals surface area contributed by atoms with Crippen LogP contribution in [0.25, 0.3) is 0 Å². The van der Waals surface area contributed by atoms with Crippen molar-refractivity contribution in [3.8, 4) is 0 Å². The minimum atomic E-state index is 0.323. The van der Waals surface area contributed by atoms with Crippen molar-refractivity contribution >= 4 is 6.21 Å². The Hall–Kier alpha value is -1.09. The molecule has 0 bridgehead atoms. The first-order valence-electron chi connectivity index (χ1n) is 6.40. The summed E-state index contributed by atoms with van der Waals surface area (Å²) in [5.41, 5.74) is 5.38. The standard InChI is InChI=1S/C14H26N2O/c1-13(2)14(12-16-17)10-8-6-4-3-5-7-9-11-15/h5-8,12-14,17H,3-4,9-11,15H2,1-2H3. The molecule has 0 rings (SSSR count). The molecule has 17 heavy (non-hydrogen) atoms. The van der Waals surface area contributed by atoms with E-state index in [0.29, 0.717) is 11.8 Å². The number of hydrogen-bond acceptors (Lipinski definition) is 3. The predicted molar refractivity (Wildman–Crippen MR) is 74.4 cm³/mol. The van der Waals surface area contributed by atoms with Gasteiger partial charge in [0.15, 0.2) is 0 Å². The number of nitrogens with zero attached hydrogens (tertiary/aromatic N) is 1. The lowest BCUT2D eigenvalue weighted by Gasteiger charge is -2.12. The van der Waals surface area contributed by atoms with E-state index < -0.39 is 0 Å². The average Bonchev–Trinajstić information content (AvgIpc) is 2.31. The summed E-state index contributed by atoms with van der Waals surface area (Å²) in [4.78, 5) is 0. The van der Waals surface area contributed by atoms with Gasteiger partial charge in [0.2, 0.25) is 0 Å². The summed E-state index contributed by atoms with van der Waals surface area (Å²) >= 11 is 0. The number of rotatable bonds is 9. The third kappa shape index (κ3) is 9.82. The Morgan fingerprint density at radius 2 is 1.65 bits per heavy atom. The molecule has 0 spiro atoms. The molecule has 3 N–H and O–H groups in total. The van der Waals surface area contributed by atoms with E-state index in [0.717, 1.165) is 32.2 Å². The molecule has 0 aliphatic heterocycles. The molecule has 1 atom stereocenters. The Kier molecular flexibility index (Phi) is 10.7. The van der Waals surface area contributed by atoms with Crippen molar-refractivity contribution in [1.82, 2.24) is 0 Å². The zero-order chi connectivity index (χ0) is 12.9. The van der Waals surface area contributed by atoms with Crippen LogP contribution in [0.4, 0.5) is 0 Å². The minimum absolute atomic E-state index is 0.323. The maximum atomic E-state index is 8.53. The molecular formula is C14H26N2O. The molecule has 0 aromatic rings. The van der Waals surface area contributed by atoms with Crippen LogP contribution < -0.4 is 5.73 Å². The van der Waals surface area contributed by atoms with Crippen LogP contribution >= 0.6 is 0 Å². The molecule has 0 saturated heterocycles. The topological polar surface area (TPSA) is 58.6 Å². The first kappa shape index (κ1) is 15.9. The summed E-state index contributed by atoms with van der Waals surface area (Å²) in [6.45, 7) is 4.99. The lowest BCUT2D eigenvalue weighted by molar-refractivity contribution is 0.315. The SMILES string of the molecule is CC(C)C(C=NO)CC=CCCC=CCCN. The van der Waals surface area contributed by atoms with E-state index in [2.05, 4.69) is 43.3 Å². The highest BCUT2D eigenvalue weighted by Crippen LogP contribution is 2.13. The molecule has 3 heteroatoms. The highest BCUT2D eigenvalue weighted by molar-refractivity contribution is 5.60. The van der Waals surface area contributed by atoms with Crippen LogP contribution in [-0.2, 0) is 0 Å². The second kappa shape index (κ2) is 11.4. The number of hydrogen-bond donors (Lipinski definition) is 2. The number of unbranched alkanes of at least 4 members (excludes halogenated alkanes) is 1. The zero-order valence-corrected chi connectivity index (χ0v) is 11.0. The summed E-state index contributed by atoms with van der Waals surface area (Å²) in [5.74, 6) is 0.823. The van der Waals surface area contributed by atoms with Crippen LogP contribution in [0.5, 0.6) is 0 Å². The first-order chi connectivity index (χ1) is 8.22. The summed E-state index contributed by atoms with van der Waals surface area (Å²) in [6, 6.07) is 0. The maximum absolute atomic E-state index is 8.53. The van der Waals surface area contributed by atoms with Crippen molar-refractivity contribution in [2.24, 2.45) is 22.7 Å². The molecule has 0 aliphatic rings. The molecule has 0 amide bonds. The molecule has 0 aromatic heterocycles. The van der Waals surface area contributed by atoms with Gasteiger partial charge in [0.1, 0.15) is 0 Å². The van der Waals surface area contributed by atoms with Crippen molar-refractivity contribution in [3.05, 3.63) is 24.3 Å². The van der Waals surface area contributed by atoms with E-state index in [1.54, 1.807) is 6.21 Å². The van der Waals surface area contributed by atoms with E-state index in [1.165, 1.54) is 0 Å². The van der Waals surface area contributed by atoms with Gasteiger partial charge in [0, 0.05) is 12.1 Å². The fraction of sp³-hybridized carbons (Fsp3) is 0.643. The molecule has 0 radical (unpaired) electrons. The Labute approximate surface area is 105 Å². The van der Waals surface area contributed by atoms with Gasteiger partial charge in [-0.05, 0) is 38.1 Å². The second-order valence-electron chi connectivity index (χ2n) is 4.51. The first-order valence-corrected chi connectivity index (χ1v) is 6.40. The fourth-order valence-corrected chi connectivity index (χ4v) is 1.49. The van der Waals surface area contributed by atoms with E-state index in [1.807, 2.05) is 0 Å². The van der Waals surface area contributed by atoms with Crippen molar-refractivity contribution < 1.29 is 5.21 Å². The van der Waals surface area contributed by atoms with E-state index >= 15 is 0 Å². The Balaban J connectivity index is 3.70. The van der Waals surface area contributed by atoms with Crippen LogP contribution in [0, 0.1) is 11.8 Å². The van der Waals surface area contributed by atoms with Crippen LogP contribution in [-0.4, -0.2) is 18.0 Å². The van der Waals surface area contributed by atoms with Crippen LogP contribution in [0.2, 0.25) is 0 Å². The predicted octanol–water partition coefficient (Wildman–Crippen LogP) is 3.35. The monoisotopic (exact) mass is 238 g/mol. The number of oxime groups is 1. The third-order valence-corrected chi connectivity index (χ3v) is 2.69. The van der Waals surface area contributed by atoms with E-state index in [9.17, 15) is 0 Å². The fourth-order valence-electron chi connectivity index (χ4n) is 1.49. The molecule has 1 unspecified atom stereocenters. The van der Waals surface area contributed by atoms with E-state index in [-0.39, 0.29) is 0 Å². The molecule has 3 nitrogen and oxygen atoms in total. The molecule has 0 fully saturated rings. The second-order valence-corrected chi connectivity index (χ2v) is 4.51. The molecule has 0 aromatic carbocycles. The molecular weight excluding hydrogens is 212 g/mol. The van der Waals surface area contributed by atoms with Gasteiger partial charge in [-0.3, -0.25) is 0 Å². The van der Waals surface area contributed by atoms with Gasteiger partial charge in [0.05, 0.1) is 0 Å². The van der Waals surface area contributed by atoms with Gasteiger partial charge >= 0.3 is 0 Å². The Morgan fingerprint density at radius 1 is 1.06 bits per heavy atom. The average molecular weight is 238 g/mol. The van der Waals surface area contributed by atoms with Crippen LogP contribution in [0.1, 0.15) is 39.5 Å². The van der Waals surface area contributed by atoms with Gasteiger partial charge in [-0.1, -0.05) is 38.2 Å². The minimum Gasteiger partial charge on any atom is -0.411 e. The van der Waals surface area contributed by atoms with Crippen LogP contribution in [0.15, 0.2) is 29.5 Å². The van der Waals surface area contributed by atoms with Crippen molar-refractivity contribution in [3.63, 3.8) is 0 Å². The quantitative estimate of drug-likeness (QED) is 0.213. The molecule has 0 aliphatic carbocycles. The molecule has 0 heterocycles. The van der Waals surface area contributed by atoms with Gasteiger partial charge < -0.3 is 10.9 Å². The largest absolute Gasteiger partial charge is 0.411 e. The maximum Gasteiger partial charge on any atom is 0.0472 e. The van der Waals surface area contributed by atoms with Crippen molar-refractivity contribution in [1.29, 1.82) is 0 Å². The van der Waals surface area contributed by atoms with Gasteiger partial charge in [-0.25, -0.2) is 0 Å². The zero-order valence-electron chi connectivity index (χ0n) is 11.0. The lowest BCUT2D eigenvalue weighted by atomic mass is 9.93. The van der Waals surface area contributed by atoms with Gasteiger partial charge in [-0.2, -0.15) is 0 Å². The molecule has 0 saturated carbocycles. The van der Waals surface area contributed by atoms with Gasteiger partial charge in [0.25, 0.3) is 0 Å². The van der Waals surface area contributed by atoms with Crippen molar-refractivity contribution in [2.45, 2.75) is 39.5 Å². The number of allylic oxidation sites excluding steroid dienone is 3. The lowest BCUT2D eigenvalue weighted by Crippen LogP contribution is -2.08. The number of nitrogens with two attached hydrogens (primary N) is 1. The summed E-state index contributed by atoms with van der Waals surface area (Å²) in [7, 11) is 0.